The highest BCUT2D eigenvalue weighted by Crippen LogP contribution is 2.31. The zero-order valence-electron chi connectivity index (χ0n) is 21.3. The van der Waals surface area contributed by atoms with Crippen LogP contribution < -0.4 is 15.0 Å². The molecule has 4 rings (SSSR count). The Hall–Kier alpha value is -3.38. The van der Waals surface area contributed by atoms with Crippen LogP contribution in [0.15, 0.2) is 42.6 Å². The minimum absolute atomic E-state index is 0.104. The Morgan fingerprint density at radius 1 is 1.11 bits per heavy atom. The van der Waals surface area contributed by atoms with Crippen molar-refractivity contribution in [3.05, 3.63) is 48.3 Å². The Balaban J connectivity index is 1.26. The number of halogens is 3. The number of alkyl halides is 3. The van der Waals surface area contributed by atoms with Crippen LogP contribution in [0.1, 0.15) is 26.0 Å². The van der Waals surface area contributed by atoms with E-state index in [-0.39, 0.29) is 30.2 Å². The first kappa shape index (κ1) is 27.6. The average Bonchev–Trinajstić information content (AvgIpc) is 3.36. The summed E-state index contributed by atoms with van der Waals surface area (Å²) in [6.07, 6.45) is -2.76. The van der Waals surface area contributed by atoms with Crippen LogP contribution in [0.4, 0.5) is 18.9 Å². The minimum atomic E-state index is -4.51. The molecule has 1 N–H and O–H groups in total. The van der Waals surface area contributed by atoms with E-state index in [1.807, 2.05) is 6.07 Å². The SMILES string of the molecule is CC(C)(OCC(=O)NC1CCN(c2cccc(Oc3ccc(C(F)(F)F)nc3)c2)C1)C(=O)N1CCOCC1. The first-order valence-electron chi connectivity index (χ1n) is 12.4. The van der Waals surface area contributed by atoms with Gasteiger partial charge in [-0.25, -0.2) is 4.98 Å². The van der Waals surface area contributed by atoms with E-state index in [0.29, 0.717) is 45.1 Å². The topological polar surface area (TPSA) is 93.2 Å². The Morgan fingerprint density at radius 2 is 1.87 bits per heavy atom. The second-order valence-electron chi connectivity index (χ2n) is 9.68. The number of benzene rings is 1. The summed E-state index contributed by atoms with van der Waals surface area (Å²) < 4.78 is 54.8. The number of rotatable bonds is 8. The zero-order chi connectivity index (χ0) is 27.3. The van der Waals surface area contributed by atoms with E-state index in [2.05, 4.69) is 15.2 Å². The lowest BCUT2D eigenvalue weighted by Gasteiger charge is -2.34. The molecule has 38 heavy (non-hydrogen) atoms. The van der Waals surface area contributed by atoms with Crippen LogP contribution >= 0.6 is 0 Å². The molecule has 2 amide bonds. The van der Waals surface area contributed by atoms with E-state index in [1.54, 1.807) is 36.9 Å². The van der Waals surface area contributed by atoms with Crippen molar-refractivity contribution >= 4 is 17.5 Å². The molecular formula is C26H31F3N4O5. The molecule has 9 nitrogen and oxygen atoms in total. The molecule has 0 saturated carbocycles. The van der Waals surface area contributed by atoms with Crippen molar-refractivity contribution in [2.45, 2.75) is 38.1 Å². The number of hydrogen-bond donors (Lipinski definition) is 1. The molecule has 0 aliphatic carbocycles. The van der Waals surface area contributed by atoms with Gasteiger partial charge in [0.15, 0.2) is 0 Å². The maximum atomic E-state index is 12.7. The fraction of sp³-hybridized carbons (Fsp3) is 0.500. The highest BCUT2D eigenvalue weighted by atomic mass is 19.4. The predicted octanol–water partition coefficient (Wildman–Crippen LogP) is 3.24. The molecule has 2 aromatic rings. The summed E-state index contributed by atoms with van der Waals surface area (Å²) in [6.45, 7) is 6.32. The Labute approximate surface area is 218 Å². The van der Waals surface area contributed by atoms with Crippen LogP contribution in [-0.2, 0) is 25.2 Å². The Kier molecular flexibility index (Phi) is 8.41. The van der Waals surface area contributed by atoms with E-state index in [4.69, 9.17) is 14.2 Å². The van der Waals surface area contributed by atoms with Crippen molar-refractivity contribution < 1.29 is 37.0 Å². The molecule has 1 aromatic heterocycles. The standard InChI is InChI=1S/C26H31F3N4O5/c1-25(2,24(35)32-10-12-36-13-11-32)37-17-23(34)31-18-8-9-33(16-18)19-4-3-5-20(14-19)38-21-6-7-22(30-15-21)26(27,28)29/h3-7,14-15,18H,8-13,16-17H2,1-2H3,(H,31,34). The summed E-state index contributed by atoms with van der Waals surface area (Å²) in [5, 5.41) is 2.96. The fourth-order valence-electron chi connectivity index (χ4n) is 4.32. The van der Waals surface area contributed by atoms with Gasteiger partial charge >= 0.3 is 6.18 Å². The molecule has 1 aromatic carbocycles. The molecule has 1 atom stereocenters. The van der Waals surface area contributed by atoms with E-state index in [9.17, 15) is 22.8 Å². The molecule has 2 fully saturated rings. The van der Waals surface area contributed by atoms with E-state index in [1.165, 1.54) is 6.07 Å². The van der Waals surface area contributed by atoms with Gasteiger partial charge in [0.25, 0.3) is 5.91 Å². The van der Waals surface area contributed by atoms with Crippen LogP contribution in [-0.4, -0.2) is 79.3 Å². The highest BCUT2D eigenvalue weighted by Gasteiger charge is 2.35. The molecular weight excluding hydrogens is 505 g/mol. The molecule has 206 valence electrons. The molecule has 1 unspecified atom stereocenters. The monoisotopic (exact) mass is 536 g/mol. The summed E-state index contributed by atoms with van der Waals surface area (Å²) in [7, 11) is 0. The van der Waals surface area contributed by atoms with Gasteiger partial charge in [-0.3, -0.25) is 9.59 Å². The first-order valence-corrected chi connectivity index (χ1v) is 12.4. The number of nitrogens with one attached hydrogen (secondary N) is 1. The van der Waals surface area contributed by atoms with Crippen LogP contribution in [0.5, 0.6) is 11.5 Å². The molecule has 12 heteroatoms. The molecule has 3 heterocycles. The van der Waals surface area contributed by atoms with Crippen molar-refractivity contribution in [3.63, 3.8) is 0 Å². The van der Waals surface area contributed by atoms with Crippen LogP contribution in [0.25, 0.3) is 0 Å². The van der Waals surface area contributed by atoms with Gasteiger partial charge in [-0.05, 0) is 44.5 Å². The van der Waals surface area contributed by atoms with Gasteiger partial charge in [0, 0.05) is 44.0 Å². The molecule has 0 bridgehead atoms. The summed E-state index contributed by atoms with van der Waals surface area (Å²) in [5.74, 6) is 0.176. The van der Waals surface area contributed by atoms with Crippen molar-refractivity contribution in [1.29, 1.82) is 0 Å². The number of ether oxygens (including phenoxy) is 3. The maximum absolute atomic E-state index is 12.7. The van der Waals surface area contributed by atoms with Crippen molar-refractivity contribution in [2.75, 3.05) is 50.9 Å². The Bertz CT molecular complexity index is 1120. The third kappa shape index (κ3) is 7.13. The third-order valence-corrected chi connectivity index (χ3v) is 6.38. The Morgan fingerprint density at radius 3 is 2.55 bits per heavy atom. The summed E-state index contributed by atoms with van der Waals surface area (Å²) in [4.78, 5) is 32.4. The van der Waals surface area contributed by atoms with Gasteiger partial charge < -0.3 is 29.3 Å². The van der Waals surface area contributed by atoms with Crippen LogP contribution in [0.2, 0.25) is 0 Å². The summed E-state index contributed by atoms with van der Waals surface area (Å²) >= 11 is 0. The predicted molar refractivity (Wildman–Crippen MR) is 132 cm³/mol. The molecule has 0 spiro atoms. The van der Waals surface area contributed by atoms with Crippen molar-refractivity contribution in [1.82, 2.24) is 15.2 Å². The smallest absolute Gasteiger partial charge is 0.433 e. The lowest BCUT2D eigenvalue weighted by atomic mass is 10.1. The largest absolute Gasteiger partial charge is 0.456 e. The number of aromatic nitrogens is 1. The lowest BCUT2D eigenvalue weighted by molar-refractivity contribution is -0.160. The maximum Gasteiger partial charge on any atom is 0.433 e. The summed E-state index contributed by atoms with van der Waals surface area (Å²) in [5.41, 5.74) is -1.26. The third-order valence-electron chi connectivity index (χ3n) is 6.38. The molecule has 0 radical (unpaired) electrons. The fourth-order valence-corrected chi connectivity index (χ4v) is 4.32. The first-order chi connectivity index (χ1) is 18.0. The quantitative estimate of drug-likeness (QED) is 0.554. The molecule has 2 saturated heterocycles. The van der Waals surface area contributed by atoms with Gasteiger partial charge in [-0.2, -0.15) is 13.2 Å². The van der Waals surface area contributed by atoms with Gasteiger partial charge in [-0.1, -0.05) is 6.07 Å². The number of morpholine rings is 1. The average molecular weight is 537 g/mol. The molecule has 2 aliphatic heterocycles. The number of carbonyl (C=O) groups is 2. The lowest BCUT2D eigenvalue weighted by Crippen LogP contribution is -2.52. The highest BCUT2D eigenvalue weighted by molar-refractivity contribution is 5.85. The van der Waals surface area contributed by atoms with Crippen LogP contribution in [0, 0.1) is 0 Å². The van der Waals surface area contributed by atoms with Gasteiger partial charge in [0.2, 0.25) is 5.91 Å². The van der Waals surface area contributed by atoms with Gasteiger partial charge in [0.05, 0.1) is 19.4 Å². The van der Waals surface area contributed by atoms with Crippen molar-refractivity contribution in [2.24, 2.45) is 0 Å². The van der Waals surface area contributed by atoms with E-state index in [0.717, 1.165) is 24.4 Å². The van der Waals surface area contributed by atoms with Gasteiger partial charge in [0.1, 0.15) is 29.4 Å². The number of amides is 2. The number of hydrogen-bond acceptors (Lipinski definition) is 7. The van der Waals surface area contributed by atoms with Gasteiger partial charge in [-0.15, -0.1) is 0 Å². The second kappa shape index (κ2) is 11.6. The number of carbonyl (C=O) groups excluding carboxylic acids is 2. The zero-order valence-corrected chi connectivity index (χ0v) is 21.3. The minimum Gasteiger partial charge on any atom is -0.456 e. The number of anilines is 1. The van der Waals surface area contributed by atoms with E-state index >= 15 is 0 Å². The summed E-state index contributed by atoms with van der Waals surface area (Å²) in [6, 6.07) is 9.16. The number of nitrogens with zero attached hydrogens (tertiary/aromatic N) is 3. The van der Waals surface area contributed by atoms with Crippen LogP contribution in [0.3, 0.4) is 0 Å². The van der Waals surface area contributed by atoms with E-state index < -0.39 is 17.5 Å². The normalized spacial score (nSPS) is 18.4. The molecule has 2 aliphatic rings. The number of pyridine rings is 1. The second-order valence-corrected chi connectivity index (χ2v) is 9.68. The van der Waals surface area contributed by atoms with Crippen molar-refractivity contribution in [3.8, 4) is 11.5 Å².